The minimum absolute atomic E-state index is 0.0175. The second-order valence-electron chi connectivity index (χ2n) is 10.1. The Morgan fingerprint density at radius 2 is 1.33 bits per heavy atom. The number of likely N-dealkylation sites (N-methyl/N-ethyl adjacent to an activating group) is 1. The summed E-state index contributed by atoms with van der Waals surface area (Å²) in [6, 6.07) is 14.9. The maximum Gasteiger partial charge on any atom is 0.208 e. The van der Waals surface area contributed by atoms with Gasteiger partial charge in [-0.15, -0.1) is 0 Å². The van der Waals surface area contributed by atoms with Crippen LogP contribution in [-0.4, -0.2) is 60.1 Å². The summed E-state index contributed by atoms with van der Waals surface area (Å²) >= 11 is 0. The Bertz CT molecular complexity index is 1530. The highest BCUT2D eigenvalue weighted by Gasteiger charge is 2.32. The van der Waals surface area contributed by atoms with Crippen molar-refractivity contribution >= 4 is 21.5 Å². The van der Waals surface area contributed by atoms with E-state index in [-0.39, 0.29) is 12.1 Å². The van der Waals surface area contributed by atoms with Crippen molar-refractivity contribution in [3.63, 3.8) is 0 Å². The third-order valence-corrected chi connectivity index (χ3v) is 7.54. The Morgan fingerprint density at radius 1 is 0.692 bits per heavy atom. The molecule has 0 radical (unpaired) electrons. The van der Waals surface area contributed by atoms with Gasteiger partial charge in [0.1, 0.15) is 0 Å². The lowest BCUT2D eigenvalue weighted by Crippen LogP contribution is -2.33. The van der Waals surface area contributed by atoms with Crippen molar-refractivity contribution in [3.8, 4) is 34.5 Å². The van der Waals surface area contributed by atoms with E-state index in [1.54, 1.807) is 35.5 Å². The number of fused-ring (bicyclic) bond motifs is 4. The second-order valence-corrected chi connectivity index (χ2v) is 10.1. The zero-order chi connectivity index (χ0) is 27.8. The molecule has 206 valence electrons. The minimum atomic E-state index is -0.0835. The second kappa shape index (κ2) is 10.7. The van der Waals surface area contributed by atoms with Crippen LogP contribution in [0.1, 0.15) is 36.6 Å². The van der Waals surface area contributed by atoms with Crippen LogP contribution in [0.2, 0.25) is 0 Å². The molecular weight excluding hydrogens is 494 g/mol. The molecule has 0 saturated heterocycles. The molecule has 1 unspecified atom stereocenters. The van der Waals surface area contributed by atoms with E-state index in [2.05, 4.69) is 54.4 Å². The number of hydrogen-bond acceptors (Lipinski definition) is 7. The van der Waals surface area contributed by atoms with Crippen LogP contribution < -0.4 is 28.4 Å². The molecular formula is C32H37NO6. The van der Waals surface area contributed by atoms with Gasteiger partial charge in [0.15, 0.2) is 23.0 Å². The van der Waals surface area contributed by atoms with E-state index in [0.29, 0.717) is 23.0 Å². The van der Waals surface area contributed by atoms with Crippen LogP contribution >= 0.6 is 0 Å². The Kier molecular flexibility index (Phi) is 7.36. The molecule has 0 fully saturated rings. The van der Waals surface area contributed by atoms with Crippen LogP contribution in [-0.2, 0) is 6.42 Å². The molecule has 1 aliphatic heterocycles. The molecule has 1 atom stereocenters. The average Bonchev–Trinajstić information content (AvgIpc) is 2.95. The Labute approximate surface area is 230 Å². The molecule has 5 rings (SSSR count). The van der Waals surface area contributed by atoms with Gasteiger partial charge in [-0.05, 0) is 73.0 Å². The van der Waals surface area contributed by atoms with Crippen LogP contribution in [0.3, 0.4) is 0 Å². The monoisotopic (exact) mass is 531 g/mol. The SMILES string of the molecule is COc1cc2c(cc1OC)C(c1cc3c(OC)c(OC)c(OC(C)C)c(OC)c3c3ccccc13)N(C)CC2. The number of methoxy groups -OCH3 is 5. The van der Waals surface area contributed by atoms with Gasteiger partial charge < -0.3 is 28.4 Å². The van der Waals surface area contributed by atoms with Crippen LogP contribution in [0.4, 0.5) is 0 Å². The van der Waals surface area contributed by atoms with Crippen LogP contribution in [0, 0.1) is 0 Å². The summed E-state index contributed by atoms with van der Waals surface area (Å²) in [4.78, 5) is 2.39. The van der Waals surface area contributed by atoms with E-state index in [1.165, 1.54) is 11.1 Å². The Morgan fingerprint density at radius 3 is 1.95 bits per heavy atom. The largest absolute Gasteiger partial charge is 0.493 e. The summed E-state index contributed by atoms with van der Waals surface area (Å²) in [5.74, 6) is 3.76. The zero-order valence-corrected chi connectivity index (χ0v) is 24.0. The molecule has 1 aliphatic rings. The van der Waals surface area contributed by atoms with Crippen LogP contribution in [0.5, 0.6) is 34.5 Å². The molecule has 4 aromatic rings. The van der Waals surface area contributed by atoms with Gasteiger partial charge in [-0.1, -0.05) is 24.3 Å². The van der Waals surface area contributed by atoms with Gasteiger partial charge in [0.2, 0.25) is 11.5 Å². The summed E-state index contributed by atoms with van der Waals surface area (Å²) in [6.45, 7) is 4.87. The first-order chi connectivity index (χ1) is 18.9. The first-order valence-corrected chi connectivity index (χ1v) is 13.2. The van der Waals surface area contributed by atoms with E-state index in [1.807, 2.05) is 13.8 Å². The number of ether oxygens (including phenoxy) is 6. The highest BCUT2D eigenvalue weighted by molar-refractivity contribution is 6.16. The lowest BCUT2D eigenvalue weighted by molar-refractivity contribution is 0.216. The number of rotatable bonds is 8. The molecule has 0 amide bonds. The lowest BCUT2D eigenvalue weighted by atomic mass is 9.84. The molecule has 4 aromatic carbocycles. The molecule has 7 heteroatoms. The molecule has 0 N–H and O–H groups in total. The summed E-state index contributed by atoms with van der Waals surface area (Å²) < 4.78 is 35.5. The molecule has 0 bridgehead atoms. The first-order valence-electron chi connectivity index (χ1n) is 13.2. The van der Waals surface area contributed by atoms with Crippen molar-refractivity contribution < 1.29 is 28.4 Å². The minimum Gasteiger partial charge on any atom is -0.493 e. The Hall–Kier alpha value is -3.84. The van der Waals surface area contributed by atoms with Crippen molar-refractivity contribution in [2.75, 3.05) is 49.1 Å². The fraction of sp³-hybridized carbons (Fsp3) is 0.375. The average molecular weight is 532 g/mol. The van der Waals surface area contributed by atoms with E-state index in [9.17, 15) is 0 Å². The van der Waals surface area contributed by atoms with Gasteiger partial charge in [-0.25, -0.2) is 0 Å². The van der Waals surface area contributed by atoms with Gasteiger partial charge in [-0.3, -0.25) is 4.90 Å². The molecule has 39 heavy (non-hydrogen) atoms. The molecule has 0 aromatic heterocycles. The molecule has 0 spiro atoms. The van der Waals surface area contributed by atoms with Crippen molar-refractivity contribution in [3.05, 3.63) is 59.2 Å². The third-order valence-electron chi connectivity index (χ3n) is 7.54. The van der Waals surface area contributed by atoms with E-state index >= 15 is 0 Å². The molecule has 1 heterocycles. The topological polar surface area (TPSA) is 58.6 Å². The van der Waals surface area contributed by atoms with Gasteiger partial charge in [0.05, 0.1) is 47.7 Å². The quantitative estimate of drug-likeness (QED) is 0.244. The highest BCUT2D eigenvalue weighted by Crippen LogP contribution is 2.54. The van der Waals surface area contributed by atoms with Crippen LogP contribution in [0.25, 0.3) is 21.5 Å². The van der Waals surface area contributed by atoms with E-state index in [4.69, 9.17) is 28.4 Å². The smallest absolute Gasteiger partial charge is 0.208 e. The summed E-state index contributed by atoms with van der Waals surface area (Å²) in [5, 5.41) is 4.01. The fourth-order valence-electron chi connectivity index (χ4n) is 5.90. The van der Waals surface area contributed by atoms with Crippen molar-refractivity contribution in [2.24, 2.45) is 0 Å². The molecule has 7 nitrogen and oxygen atoms in total. The number of benzene rings is 4. The zero-order valence-electron chi connectivity index (χ0n) is 24.0. The molecule has 0 saturated carbocycles. The maximum absolute atomic E-state index is 6.25. The maximum atomic E-state index is 6.25. The van der Waals surface area contributed by atoms with Crippen molar-refractivity contribution in [1.29, 1.82) is 0 Å². The van der Waals surface area contributed by atoms with Gasteiger partial charge in [0.25, 0.3) is 0 Å². The van der Waals surface area contributed by atoms with E-state index in [0.717, 1.165) is 51.6 Å². The molecule has 0 aliphatic carbocycles. The predicted molar refractivity (Wildman–Crippen MR) is 155 cm³/mol. The first kappa shape index (κ1) is 26.8. The predicted octanol–water partition coefficient (Wildman–Crippen LogP) is 6.40. The van der Waals surface area contributed by atoms with Gasteiger partial charge in [-0.2, -0.15) is 0 Å². The van der Waals surface area contributed by atoms with Gasteiger partial charge in [0, 0.05) is 17.3 Å². The Balaban J connectivity index is 1.90. The van der Waals surface area contributed by atoms with Gasteiger partial charge >= 0.3 is 0 Å². The van der Waals surface area contributed by atoms with Crippen LogP contribution in [0.15, 0.2) is 42.5 Å². The number of hydrogen-bond donors (Lipinski definition) is 0. The van der Waals surface area contributed by atoms with Crippen molar-refractivity contribution in [2.45, 2.75) is 32.4 Å². The van der Waals surface area contributed by atoms with E-state index < -0.39 is 0 Å². The number of nitrogens with zero attached hydrogens (tertiary/aromatic N) is 1. The summed E-state index contributed by atoms with van der Waals surface area (Å²) in [5.41, 5.74) is 3.61. The normalized spacial score (nSPS) is 15.4. The highest BCUT2D eigenvalue weighted by atomic mass is 16.6. The summed E-state index contributed by atoms with van der Waals surface area (Å²) in [6.07, 6.45) is 0.842. The fourth-order valence-corrected chi connectivity index (χ4v) is 5.90. The third kappa shape index (κ3) is 4.35. The summed E-state index contributed by atoms with van der Waals surface area (Å²) in [7, 11) is 10.5. The van der Waals surface area contributed by atoms with Crippen molar-refractivity contribution in [1.82, 2.24) is 4.90 Å². The lowest BCUT2D eigenvalue weighted by Gasteiger charge is -2.36. The standard InChI is InChI=1S/C32H37NO6/c1-18(2)39-32-30(37-7)27-21-12-10-9-11-20(21)23(16-24(27)29(36-6)31(32)38-8)28-22-17-26(35-5)25(34-4)15-19(22)13-14-33(28)3/h9-12,15-18,28H,13-14H2,1-8H3.